The number of rotatable bonds is 4. The van der Waals surface area contributed by atoms with Gasteiger partial charge in [0, 0.05) is 0 Å². The van der Waals surface area contributed by atoms with Crippen LogP contribution in [0.1, 0.15) is 32.4 Å². The van der Waals surface area contributed by atoms with E-state index in [-0.39, 0.29) is 6.10 Å². The Hall–Kier alpha value is -0.830. The second-order valence-electron chi connectivity index (χ2n) is 2.95. The Bertz CT molecular complexity index is 230. The molecule has 0 fully saturated rings. The van der Waals surface area contributed by atoms with Gasteiger partial charge in [-0.1, -0.05) is 6.92 Å². The van der Waals surface area contributed by atoms with Crippen LogP contribution in [-0.2, 0) is 17.8 Å². The van der Waals surface area contributed by atoms with Crippen LogP contribution in [-0.4, -0.2) is 11.1 Å². The maximum Gasteiger partial charge on any atom is 0.220 e. The smallest absolute Gasteiger partial charge is 0.220 e. The molecule has 0 aromatic carbocycles. The zero-order chi connectivity index (χ0) is 8.97. The molecule has 1 aromatic rings. The number of ether oxygens (including phenoxy) is 1. The lowest BCUT2D eigenvalue weighted by atomic mass is 10.4. The molecule has 1 heterocycles. The van der Waals surface area contributed by atoms with Crippen molar-refractivity contribution in [1.29, 1.82) is 0 Å². The van der Waals surface area contributed by atoms with Crippen LogP contribution in [0.3, 0.4) is 0 Å². The molecular weight excluding hydrogens is 154 g/mol. The Morgan fingerprint density at radius 3 is 2.83 bits per heavy atom. The average Bonchev–Trinajstić information content (AvgIpc) is 2.48. The van der Waals surface area contributed by atoms with Gasteiger partial charge in [0.1, 0.15) is 12.9 Å². The van der Waals surface area contributed by atoms with Crippen molar-refractivity contribution in [2.75, 3.05) is 0 Å². The molecule has 0 aliphatic carbocycles. The Balaban J connectivity index is 2.41. The van der Waals surface area contributed by atoms with Gasteiger partial charge in [0.05, 0.1) is 11.8 Å². The maximum atomic E-state index is 5.33. The van der Waals surface area contributed by atoms with Crippen LogP contribution >= 0.6 is 0 Å². The zero-order valence-electron chi connectivity index (χ0n) is 7.83. The minimum absolute atomic E-state index is 0.224. The summed E-state index contributed by atoms with van der Waals surface area (Å²) in [5.41, 5.74) is 0.984. The van der Waals surface area contributed by atoms with Crippen LogP contribution in [0.4, 0.5) is 0 Å². The van der Waals surface area contributed by atoms with Gasteiger partial charge >= 0.3 is 0 Å². The average molecular weight is 169 g/mol. The Kier molecular flexibility index (Phi) is 3.29. The van der Waals surface area contributed by atoms with Crippen LogP contribution in [0.25, 0.3) is 0 Å². The number of hydrogen-bond donors (Lipinski definition) is 0. The van der Waals surface area contributed by atoms with E-state index in [1.54, 1.807) is 6.26 Å². The second-order valence-corrected chi connectivity index (χ2v) is 2.95. The molecule has 0 unspecified atom stereocenters. The lowest BCUT2D eigenvalue weighted by Crippen LogP contribution is -2.02. The molecule has 0 amide bonds. The first kappa shape index (κ1) is 9.26. The van der Waals surface area contributed by atoms with E-state index in [0.29, 0.717) is 12.5 Å². The van der Waals surface area contributed by atoms with Gasteiger partial charge < -0.3 is 9.15 Å². The standard InChI is InChI=1S/C9H15NO2/c1-4-8-5-12-9(10-8)6-11-7(2)3/h5,7H,4,6H2,1-3H3. The first-order chi connectivity index (χ1) is 5.72. The van der Waals surface area contributed by atoms with Gasteiger partial charge in [0.15, 0.2) is 0 Å². The summed E-state index contributed by atoms with van der Waals surface area (Å²) < 4.78 is 10.5. The highest BCUT2D eigenvalue weighted by Gasteiger charge is 2.02. The summed E-state index contributed by atoms with van der Waals surface area (Å²) in [5, 5.41) is 0. The van der Waals surface area contributed by atoms with Crippen molar-refractivity contribution in [3.8, 4) is 0 Å². The fourth-order valence-corrected chi connectivity index (χ4v) is 0.816. The van der Waals surface area contributed by atoms with Crippen LogP contribution in [0.15, 0.2) is 10.7 Å². The van der Waals surface area contributed by atoms with Crippen LogP contribution in [0, 0.1) is 0 Å². The van der Waals surface area contributed by atoms with E-state index >= 15 is 0 Å². The lowest BCUT2D eigenvalue weighted by molar-refractivity contribution is 0.0517. The van der Waals surface area contributed by atoms with Gasteiger partial charge in [-0.3, -0.25) is 0 Å². The van der Waals surface area contributed by atoms with Crippen LogP contribution < -0.4 is 0 Å². The molecule has 3 heteroatoms. The van der Waals surface area contributed by atoms with E-state index in [1.807, 2.05) is 20.8 Å². The summed E-state index contributed by atoms with van der Waals surface area (Å²) >= 11 is 0. The van der Waals surface area contributed by atoms with E-state index < -0.39 is 0 Å². The number of oxazole rings is 1. The second kappa shape index (κ2) is 4.26. The van der Waals surface area contributed by atoms with Gasteiger partial charge in [0.2, 0.25) is 5.89 Å². The topological polar surface area (TPSA) is 35.3 Å². The molecule has 68 valence electrons. The minimum atomic E-state index is 0.224. The summed E-state index contributed by atoms with van der Waals surface area (Å²) in [5.74, 6) is 0.667. The predicted octanol–water partition coefficient (Wildman–Crippen LogP) is 2.16. The molecule has 0 N–H and O–H groups in total. The molecule has 0 aliphatic heterocycles. The number of hydrogen-bond acceptors (Lipinski definition) is 3. The zero-order valence-corrected chi connectivity index (χ0v) is 7.83. The SMILES string of the molecule is CCc1coc(COC(C)C)n1. The van der Waals surface area contributed by atoms with Crippen LogP contribution in [0.5, 0.6) is 0 Å². The summed E-state index contributed by atoms with van der Waals surface area (Å²) in [6, 6.07) is 0. The van der Waals surface area contributed by atoms with Crippen molar-refractivity contribution in [3.05, 3.63) is 17.8 Å². The van der Waals surface area contributed by atoms with Gasteiger partial charge in [-0.2, -0.15) is 0 Å². The molecule has 0 spiro atoms. The predicted molar refractivity (Wildman–Crippen MR) is 45.8 cm³/mol. The minimum Gasteiger partial charge on any atom is -0.446 e. The highest BCUT2D eigenvalue weighted by atomic mass is 16.5. The summed E-state index contributed by atoms with van der Waals surface area (Å²) in [6.07, 6.45) is 2.81. The van der Waals surface area contributed by atoms with E-state index in [1.165, 1.54) is 0 Å². The van der Waals surface area contributed by atoms with E-state index in [9.17, 15) is 0 Å². The Morgan fingerprint density at radius 1 is 1.58 bits per heavy atom. The summed E-state index contributed by atoms with van der Waals surface area (Å²) in [6.45, 7) is 6.50. The van der Waals surface area contributed by atoms with Crippen molar-refractivity contribution in [3.63, 3.8) is 0 Å². The third-order valence-corrected chi connectivity index (χ3v) is 1.50. The molecular formula is C9H15NO2. The Labute approximate surface area is 72.7 Å². The normalized spacial score (nSPS) is 11.0. The molecule has 0 radical (unpaired) electrons. The first-order valence-corrected chi connectivity index (χ1v) is 4.27. The molecule has 0 saturated carbocycles. The van der Waals surface area contributed by atoms with Crippen molar-refractivity contribution in [2.24, 2.45) is 0 Å². The fourth-order valence-electron chi connectivity index (χ4n) is 0.816. The monoisotopic (exact) mass is 169 g/mol. The molecule has 1 rings (SSSR count). The molecule has 0 aliphatic rings. The highest BCUT2D eigenvalue weighted by molar-refractivity contribution is 4.94. The van der Waals surface area contributed by atoms with Crippen molar-refractivity contribution in [1.82, 2.24) is 4.98 Å². The summed E-state index contributed by atoms with van der Waals surface area (Å²) in [7, 11) is 0. The third-order valence-electron chi connectivity index (χ3n) is 1.50. The van der Waals surface area contributed by atoms with Crippen molar-refractivity contribution < 1.29 is 9.15 Å². The summed E-state index contributed by atoms with van der Waals surface area (Å²) in [4.78, 5) is 4.21. The van der Waals surface area contributed by atoms with Gasteiger partial charge in [-0.25, -0.2) is 4.98 Å². The lowest BCUT2D eigenvalue weighted by Gasteiger charge is -2.02. The Morgan fingerprint density at radius 2 is 2.33 bits per heavy atom. The molecule has 0 atom stereocenters. The van der Waals surface area contributed by atoms with E-state index in [4.69, 9.17) is 9.15 Å². The molecule has 12 heavy (non-hydrogen) atoms. The first-order valence-electron chi connectivity index (χ1n) is 4.27. The molecule has 0 bridgehead atoms. The third kappa shape index (κ3) is 2.66. The van der Waals surface area contributed by atoms with Crippen molar-refractivity contribution in [2.45, 2.75) is 39.9 Å². The van der Waals surface area contributed by atoms with Crippen molar-refractivity contribution >= 4 is 0 Å². The largest absolute Gasteiger partial charge is 0.446 e. The maximum absolute atomic E-state index is 5.33. The number of nitrogens with zero attached hydrogens (tertiary/aromatic N) is 1. The quantitative estimate of drug-likeness (QED) is 0.692. The van der Waals surface area contributed by atoms with Gasteiger partial charge in [-0.05, 0) is 20.3 Å². The van der Waals surface area contributed by atoms with E-state index in [0.717, 1.165) is 12.1 Å². The molecule has 0 saturated heterocycles. The molecule has 3 nitrogen and oxygen atoms in total. The number of aryl methyl sites for hydroxylation is 1. The molecule has 1 aromatic heterocycles. The van der Waals surface area contributed by atoms with Crippen LogP contribution in [0.2, 0.25) is 0 Å². The van der Waals surface area contributed by atoms with Gasteiger partial charge in [-0.15, -0.1) is 0 Å². The number of aromatic nitrogens is 1. The highest BCUT2D eigenvalue weighted by Crippen LogP contribution is 2.04. The van der Waals surface area contributed by atoms with E-state index in [2.05, 4.69) is 4.98 Å². The fraction of sp³-hybridized carbons (Fsp3) is 0.667. The van der Waals surface area contributed by atoms with Gasteiger partial charge in [0.25, 0.3) is 0 Å².